The number of guanidine groups is 1. The molecule has 0 saturated heterocycles. The number of nitrogens with one attached hydrogen (secondary N) is 2. The van der Waals surface area contributed by atoms with Gasteiger partial charge in [-0.2, -0.15) is 0 Å². The van der Waals surface area contributed by atoms with E-state index in [1.165, 1.54) is 4.90 Å². The van der Waals surface area contributed by atoms with Crippen molar-refractivity contribution in [3.63, 3.8) is 0 Å². The summed E-state index contributed by atoms with van der Waals surface area (Å²) in [7, 11) is 3.41. The summed E-state index contributed by atoms with van der Waals surface area (Å²) in [6.07, 6.45) is 0.671. The van der Waals surface area contributed by atoms with E-state index in [0.29, 0.717) is 29.0 Å². The molecule has 0 aliphatic carbocycles. The highest BCUT2D eigenvalue weighted by Gasteiger charge is 2.07. The zero-order valence-corrected chi connectivity index (χ0v) is 14.6. The molecule has 0 spiro atoms. The van der Waals surface area contributed by atoms with E-state index in [0.717, 1.165) is 12.1 Å². The molecule has 0 bridgehead atoms. The van der Waals surface area contributed by atoms with Crippen molar-refractivity contribution in [2.45, 2.75) is 13.3 Å². The molecule has 5 nitrogen and oxygen atoms in total. The van der Waals surface area contributed by atoms with Gasteiger partial charge in [0.05, 0.1) is 0 Å². The maximum atomic E-state index is 11.6. The zero-order valence-electron chi connectivity index (χ0n) is 13.1. The van der Waals surface area contributed by atoms with Gasteiger partial charge in [0.15, 0.2) is 5.96 Å². The minimum absolute atomic E-state index is 0.0497. The summed E-state index contributed by atoms with van der Waals surface area (Å²) >= 11 is 12.3. The molecule has 7 heteroatoms. The van der Waals surface area contributed by atoms with E-state index in [1.54, 1.807) is 14.1 Å². The smallest absolute Gasteiger partial charge is 0.243 e. The van der Waals surface area contributed by atoms with Gasteiger partial charge in [-0.3, -0.25) is 4.79 Å². The second-order valence-corrected chi connectivity index (χ2v) is 5.67. The molecular weight excluding hydrogens is 323 g/mol. The lowest BCUT2D eigenvalue weighted by atomic mass is 10.1. The number of rotatable bonds is 6. The Bertz CT molecular complexity index is 512. The van der Waals surface area contributed by atoms with Crippen molar-refractivity contribution in [3.05, 3.63) is 33.8 Å². The summed E-state index contributed by atoms with van der Waals surface area (Å²) < 4.78 is 0. The van der Waals surface area contributed by atoms with Crippen LogP contribution in [0.25, 0.3) is 0 Å². The maximum Gasteiger partial charge on any atom is 0.243 e. The quantitative estimate of drug-likeness (QED) is 0.614. The Balaban J connectivity index is 2.58. The van der Waals surface area contributed by atoms with Crippen molar-refractivity contribution < 1.29 is 4.79 Å². The SMILES string of the molecule is CCNC(=NCC(=O)N(C)C)NCCc1c(Cl)cccc1Cl. The van der Waals surface area contributed by atoms with E-state index in [2.05, 4.69) is 15.6 Å². The summed E-state index contributed by atoms with van der Waals surface area (Å²) in [5.74, 6) is 0.548. The predicted molar refractivity (Wildman–Crippen MR) is 92.8 cm³/mol. The number of carbonyl (C=O) groups is 1. The lowest BCUT2D eigenvalue weighted by Crippen LogP contribution is -2.39. The number of benzene rings is 1. The zero-order chi connectivity index (χ0) is 16.5. The number of halogens is 2. The molecule has 2 N–H and O–H groups in total. The van der Waals surface area contributed by atoms with Gasteiger partial charge in [0.2, 0.25) is 5.91 Å². The molecular formula is C15H22Cl2N4O. The molecule has 1 amide bonds. The number of nitrogens with zero attached hydrogens (tertiary/aromatic N) is 2. The standard InChI is InChI=1S/C15H22Cl2N4O/c1-4-18-15(20-10-14(22)21(2)3)19-9-8-11-12(16)6-5-7-13(11)17/h5-7H,4,8-10H2,1-3H3,(H2,18,19,20). The van der Waals surface area contributed by atoms with Crippen molar-refractivity contribution >= 4 is 35.1 Å². The number of aliphatic imine (C=N–C) groups is 1. The van der Waals surface area contributed by atoms with E-state index < -0.39 is 0 Å². The molecule has 0 radical (unpaired) electrons. The molecule has 0 heterocycles. The number of likely N-dealkylation sites (N-methyl/N-ethyl adjacent to an activating group) is 1. The number of hydrogen-bond acceptors (Lipinski definition) is 2. The molecule has 0 unspecified atom stereocenters. The van der Waals surface area contributed by atoms with Crippen molar-refractivity contribution in [1.82, 2.24) is 15.5 Å². The minimum atomic E-state index is -0.0497. The van der Waals surface area contributed by atoms with Crippen molar-refractivity contribution in [2.75, 3.05) is 33.7 Å². The fraction of sp³-hybridized carbons (Fsp3) is 0.467. The lowest BCUT2D eigenvalue weighted by Gasteiger charge is -2.13. The Morgan fingerprint density at radius 3 is 2.41 bits per heavy atom. The number of carbonyl (C=O) groups excluding carboxylic acids is 1. The van der Waals surface area contributed by atoms with Crippen molar-refractivity contribution in [1.29, 1.82) is 0 Å². The van der Waals surface area contributed by atoms with Crippen LogP contribution in [0.2, 0.25) is 10.0 Å². The first-order valence-corrected chi connectivity index (χ1v) is 7.86. The highest BCUT2D eigenvalue weighted by molar-refractivity contribution is 6.35. The predicted octanol–water partition coefficient (Wildman–Crippen LogP) is 2.18. The molecule has 0 fully saturated rings. The average Bonchev–Trinajstić information content (AvgIpc) is 2.47. The van der Waals surface area contributed by atoms with Crippen molar-refractivity contribution in [3.8, 4) is 0 Å². The van der Waals surface area contributed by atoms with Crippen LogP contribution >= 0.6 is 23.2 Å². The van der Waals surface area contributed by atoms with Crippen LogP contribution in [0.15, 0.2) is 23.2 Å². The fourth-order valence-electron chi connectivity index (χ4n) is 1.71. The van der Waals surface area contributed by atoms with Gasteiger partial charge in [-0.1, -0.05) is 29.3 Å². The van der Waals surface area contributed by atoms with Gasteiger partial charge in [0.25, 0.3) is 0 Å². The van der Waals surface area contributed by atoms with Gasteiger partial charge >= 0.3 is 0 Å². The van der Waals surface area contributed by atoms with Crippen LogP contribution in [-0.4, -0.2) is 50.5 Å². The molecule has 0 aliphatic heterocycles. The number of hydrogen-bond donors (Lipinski definition) is 2. The van der Waals surface area contributed by atoms with E-state index >= 15 is 0 Å². The topological polar surface area (TPSA) is 56.7 Å². The van der Waals surface area contributed by atoms with E-state index in [-0.39, 0.29) is 12.5 Å². The molecule has 1 rings (SSSR count). The minimum Gasteiger partial charge on any atom is -0.357 e. The summed E-state index contributed by atoms with van der Waals surface area (Å²) in [5, 5.41) is 7.57. The van der Waals surface area contributed by atoms with Crippen LogP contribution in [0.5, 0.6) is 0 Å². The molecule has 1 aromatic rings. The first-order valence-electron chi connectivity index (χ1n) is 7.11. The molecule has 0 atom stereocenters. The summed E-state index contributed by atoms with van der Waals surface area (Å²) in [5.41, 5.74) is 0.901. The van der Waals surface area contributed by atoms with E-state index in [4.69, 9.17) is 23.2 Å². The Morgan fingerprint density at radius 1 is 1.23 bits per heavy atom. The third-order valence-corrected chi connectivity index (χ3v) is 3.65. The molecule has 0 aromatic heterocycles. The maximum absolute atomic E-state index is 11.6. The van der Waals surface area contributed by atoms with Crippen LogP contribution < -0.4 is 10.6 Å². The largest absolute Gasteiger partial charge is 0.357 e. The fourth-order valence-corrected chi connectivity index (χ4v) is 2.29. The Morgan fingerprint density at radius 2 is 1.86 bits per heavy atom. The monoisotopic (exact) mass is 344 g/mol. The van der Waals surface area contributed by atoms with Crippen LogP contribution in [0.3, 0.4) is 0 Å². The van der Waals surface area contributed by atoms with Crippen LogP contribution in [0.1, 0.15) is 12.5 Å². The summed E-state index contributed by atoms with van der Waals surface area (Å²) in [6.45, 7) is 3.41. The number of amides is 1. The first kappa shape index (κ1) is 18.6. The van der Waals surface area contributed by atoms with Crippen molar-refractivity contribution in [2.24, 2.45) is 4.99 Å². The second-order valence-electron chi connectivity index (χ2n) is 4.86. The third-order valence-electron chi connectivity index (χ3n) is 2.94. The highest BCUT2D eigenvalue weighted by Crippen LogP contribution is 2.24. The Kier molecular flexibility index (Phi) is 8.06. The van der Waals surface area contributed by atoms with Gasteiger partial charge in [-0.05, 0) is 31.0 Å². The van der Waals surface area contributed by atoms with Gasteiger partial charge in [0, 0.05) is 37.2 Å². The molecule has 122 valence electrons. The second kappa shape index (κ2) is 9.54. The molecule has 22 heavy (non-hydrogen) atoms. The molecule has 1 aromatic carbocycles. The first-order chi connectivity index (χ1) is 10.5. The molecule has 0 aliphatic rings. The van der Waals surface area contributed by atoms with Gasteiger partial charge in [0.1, 0.15) is 6.54 Å². The van der Waals surface area contributed by atoms with E-state index in [9.17, 15) is 4.79 Å². The highest BCUT2D eigenvalue weighted by atomic mass is 35.5. The Hall–Kier alpha value is -1.46. The van der Waals surface area contributed by atoms with Gasteiger partial charge in [-0.25, -0.2) is 4.99 Å². The average molecular weight is 345 g/mol. The summed E-state index contributed by atoms with van der Waals surface area (Å²) in [6, 6.07) is 5.45. The van der Waals surface area contributed by atoms with Gasteiger partial charge < -0.3 is 15.5 Å². The third kappa shape index (κ3) is 6.12. The summed E-state index contributed by atoms with van der Waals surface area (Å²) in [4.78, 5) is 17.3. The van der Waals surface area contributed by atoms with E-state index in [1.807, 2.05) is 25.1 Å². The van der Waals surface area contributed by atoms with Crippen LogP contribution in [0.4, 0.5) is 0 Å². The lowest BCUT2D eigenvalue weighted by molar-refractivity contribution is -0.127. The Labute approximate surface area is 141 Å². The van der Waals surface area contributed by atoms with Crippen LogP contribution in [0, 0.1) is 0 Å². The normalized spacial score (nSPS) is 11.2. The van der Waals surface area contributed by atoms with Gasteiger partial charge in [-0.15, -0.1) is 0 Å². The van der Waals surface area contributed by atoms with Crippen LogP contribution in [-0.2, 0) is 11.2 Å². The molecule has 0 saturated carbocycles.